The molecule has 1 fully saturated rings. The number of hydrogen-bond acceptors (Lipinski definition) is 7. The average molecular weight is 657 g/mol. The van der Waals surface area contributed by atoms with Crippen LogP contribution in [0.2, 0.25) is 0 Å². The Morgan fingerprint density at radius 2 is 1.44 bits per heavy atom. The number of benzene rings is 1. The second-order valence-electron chi connectivity index (χ2n) is 15.5. The third kappa shape index (κ3) is 7.12. The van der Waals surface area contributed by atoms with Crippen LogP contribution in [0.1, 0.15) is 97.8 Å². The molecule has 5 rings (SSSR count). The zero-order chi connectivity index (χ0) is 35.3. The fraction of sp³-hybridized carbons (Fsp3) is 0.474. The minimum Gasteiger partial charge on any atom is -0.444 e. The van der Waals surface area contributed by atoms with E-state index >= 15 is 0 Å². The van der Waals surface area contributed by atoms with Crippen LogP contribution in [0.5, 0.6) is 0 Å². The van der Waals surface area contributed by atoms with Gasteiger partial charge in [0.15, 0.2) is 5.65 Å². The largest absolute Gasteiger partial charge is 0.444 e. The lowest BCUT2D eigenvalue weighted by Crippen LogP contribution is -2.41. The molecule has 0 unspecified atom stereocenters. The van der Waals surface area contributed by atoms with Crippen molar-refractivity contribution in [2.75, 3.05) is 13.1 Å². The molecule has 10 nitrogen and oxygen atoms in total. The van der Waals surface area contributed by atoms with Crippen molar-refractivity contribution >= 4 is 46.3 Å². The lowest BCUT2D eigenvalue weighted by Gasteiger charge is -2.33. The average Bonchev–Trinajstić information content (AvgIpc) is 3.50. The lowest BCUT2D eigenvalue weighted by atomic mass is 9.88. The van der Waals surface area contributed by atoms with Crippen molar-refractivity contribution in [3.05, 3.63) is 59.9 Å². The molecule has 1 aromatic carbocycles. The van der Waals surface area contributed by atoms with Gasteiger partial charge in [0.1, 0.15) is 16.8 Å². The molecule has 1 aliphatic heterocycles. The Kier molecular flexibility index (Phi) is 9.01. The summed E-state index contributed by atoms with van der Waals surface area (Å²) in [5, 5.41) is 1.59. The Hall–Kier alpha value is -4.60. The van der Waals surface area contributed by atoms with Crippen LogP contribution in [-0.2, 0) is 14.2 Å². The SMILES string of the molecule is C=Cc1cn(C(=O)OC(C)(C)C)c2nccc(-c3c(C)c4cc(C5CCN(C(=O)OC(C)(C)C)CC5)ccc4n3C(=O)OC(C)(C)C)c12. The number of rotatable bonds is 3. The van der Waals surface area contributed by atoms with Gasteiger partial charge in [0.25, 0.3) is 0 Å². The van der Waals surface area contributed by atoms with Crippen molar-refractivity contribution < 1.29 is 28.6 Å². The molecule has 4 aromatic rings. The number of likely N-dealkylation sites (tertiary alicyclic amines) is 1. The molecular weight excluding hydrogens is 608 g/mol. The minimum atomic E-state index is -0.735. The number of ether oxygens (including phenoxy) is 3. The minimum absolute atomic E-state index is 0.240. The number of fused-ring (bicyclic) bond motifs is 2. The van der Waals surface area contributed by atoms with Crippen LogP contribution in [0.15, 0.2) is 43.2 Å². The van der Waals surface area contributed by atoms with Crippen molar-refractivity contribution in [3.63, 3.8) is 0 Å². The topological polar surface area (TPSA) is 105 Å². The van der Waals surface area contributed by atoms with E-state index < -0.39 is 29.0 Å². The van der Waals surface area contributed by atoms with Gasteiger partial charge in [0.05, 0.1) is 11.2 Å². The number of carbonyl (C=O) groups excluding carboxylic acids is 3. The summed E-state index contributed by atoms with van der Waals surface area (Å²) >= 11 is 0. The number of amides is 1. The van der Waals surface area contributed by atoms with Crippen LogP contribution in [0.4, 0.5) is 14.4 Å². The van der Waals surface area contributed by atoms with E-state index in [9.17, 15) is 14.4 Å². The highest BCUT2D eigenvalue weighted by Crippen LogP contribution is 2.41. The molecule has 1 aliphatic rings. The summed E-state index contributed by atoms with van der Waals surface area (Å²) in [4.78, 5) is 46.3. The molecule has 3 aromatic heterocycles. The number of pyridine rings is 1. The highest BCUT2D eigenvalue weighted by atomic mass is 16.6. The number of carbonyl (C=O) groups is 3. The molecule has 256 valence electrons. The summed E-state index contributed by atoms with van der Waals surface area (Å²) in [6.45, 7) is 23.8. The van der Waals surface area contributed by atoms with Crippen LogP contribution in [0.25, 0.3) is 39.3 Å². The van der Waals surface area contributed by atoms with Gasteiger partial charge in [0, 0.05) is 47.4 Å². The van der Waals surface area contributed by atoms with E-state index in [-0.39, 0.29) is 12.0 Å². The number of hydrogen-bond donors (Lipinski definition) is 0. The maximum Gasteiger partial charge on any atom is 0.420 e. The predicted octanol–water partition coefficient (Wildman–Crippen LogP) is 9.29. The standard InChI is InChI=1S/C38H48N4O6/c1-12-24-22-41(34(44)47-37(6,7)8)32-30(24)27(15-18-39-32)31-23(2)28-21-26(13-14-29(28)42(31)35(45)48-38(9,10)11)25-16-19-40(20-17-25)33(43)46-36(3,4)5/h12-15,18,21-22,25H,1,16-17,19-20H2,2-11H3. The highest BCUT2D eigenvalue weighted by Gasteiger charge is 2.31. The Morgan fingerprint density at radius 3 is 2.02 bits per heavy atom. The fourth-order valence-electron chi connectivity index (χ4n) is 6.25. The first-order chi connectivity index (χ1) is 22.3. The maximum atomic E-state index is 14.0. The third-order valence-electron chi connectivity index (χ3n) is 8.22. The Labute approximate surface area is 282 Å². The number of nitrogens with zero attached hydrogens (tertiary/aromatic N) is 4. The summed E-state index contributed by atoms with van der Waals surface area (Å²) in [6, 6.07) is 8.05. The van der Waals surface area contributed by atoms with Gasteiger partial charge in [-0.25, -0.2) is 28.5 Å². The maximum absolute atomic E-state index is 14.0. The first kappa shape index (κ1) is 34.7. The smallest absolute Gasteiger partial charge is 0.420 e. The van der Waals surface area contributed by atoms with Gasteiger partial charge in [-0.1, -0.05) is 18.7 Å². The van der Waals surface area contributed by atoms with Gasteiger partial charge >= 0.3 is 18.3 Å². The summed E-state index contributed by atoms with van der Waals surface area (Å²) in [5.41, 5.74) is 3.19. The van der Waals surface area contributed by atoms with Crippen LogP contribution in [0, 0.1) is 6.92 Å². The molecule has 10 heteroatoms. The third-order valence-corrected chi connectivity index (χ3v) is 8.22. The van der Waals surface area contributed by atoms with Gasteiger partial charge in [0.2, 0.25) is 0 Å². The summed E-state index contributed by atoms with van der Waals surface area (Å²) in [6.07, 6.45) is 5.22. The molecular formula is C38H48N4O6. The van der Waals surface area contributed by atoms with Gasteiger partial charge in [-0.2, -0.15) is 0 Å². The molecule has 1 saturated heterocycles. The first-order valence-electron chi connectivity index (χ1n) is 16.5. The number of piperidine rings is 1. The van der Waals surface area contributed by atoms with Crippen LogP contribution < -0.4 is 0 Å². The van der Waals surface area contributed by atoms with Crippen molar-refractivity contribution in [1.29, 1.82) is 0 Å². The van der Waals surface area contributed by atoms with Gasteiger partial charge in [-0.15, -0.1) is 0 Å². The van der Waals surface area contributed by atoms with E-state index in [0.717, 1.165) is 29.4 Å². The summed E-state index contributed by atoms with van der Waals surface area (Å²) in [5.74, 6) is 0.240. The second kappa shape index (κ2) is 12.5. The Balaban J connectivity index is 1.63. The molecule has 48 heavy (non-hydrogen) atoms. The zero-order valence-corrected chi connectivity index (χ0v) is 29.9. The van der Waals surface area contributed by atoms with Crippen LogP contribution >= 0.6 is 0 Å². The second-order valence-corrected chi connectivity index (χ2v) is 15.5. The molecule has 0 atom stereocenters. The Bertz CT molecular complexity index is 1900. The molecule has 0 saturated carbocycles. The number of aryl methyl sites for hydroxylation is 1. The van der Waals surface area contributed by atoms with Crippen molar-refractivity contribution in [2.45, 2.75) is 105 Å². The summed E-state index contributed by atoms with van der Waals surface area (Å²) < 4.78 is 20.2. The molecule has 1 amide bonds. The quantitative estimate of drug-likeness (QED) is 0.202. The predicted molar refractivity (Wildman–Crippen MR) is 189 cm³/mol. The van der Waals surface area contributed by atoms with Crippen LogP contribution in [0.3, 0.4) is 0 Å². The number of aromatic nitrogens is 3. The van der Waals surface area contributed by atoms with Gasteiger partial charge in [-0.05, 0) is 117 Å². The van der Waals surface area contributed by atoms with E-state index in [4.69, 9.17) is 14.2 Å². The fourth-order valence-corrected chi connectivity index (χ4v) is 6.25. The molecule has 0 bridgehead atoms. The van der Waals surface area contributed by atoms with E-state index in [2.05, 4.69) is 23.7 Å². The van der Waals surface area contributed by atoms with E-state index in [1.54, 1.807) is 27.9 Å². The van der Waals surface area contributed by atoms with Crippen molar-refractivity contribution in [3.8, 4) is 11.3 Å². The van der Waals surface area contributed by atoms with E-state index in [0.29, 0.717) is 46.5 Å². The first-order valence-corrected chi connectivity index (χ1v) is 16.5. The highest BCUT2D eigenvalue weighted by molar-refractivity contribution is 6.07. The zero-order valence-electron chi connectivity index (χ0n) is 29.9. The van der Waals surface area contributed by atoms with Gasteiger partial charge in [-0.3, -0.25) is 0 Å². The normalized spacial score (nSPS) is 14.8. The molecule has 0 aliphatic carbocycles. The lowest BCUT2D eigenvalue weighted by molar-refractivity contribution is 0.0204. The molecule has 0 radical (unpaired) electrons. The summed E-state index contributed by atoms with van der Waals surface area (Å²) in [7, 11) is 0. The van der Waals surface area contributed by atoms with E-state index in [1.807, 2.05) is 81.4 Å². The Morgan fingerprint density at radius 1 is 0.854 bits per heavy atom. The molecule has 4 heterocycles. The van der Waals surface area contributed by atoms with Crippen LogP contribution in [-0.4, -0.2) is 67.2 Å². The van der Waals surface area contributed by atoms with Gasteiger partial charge < -0.3 is 19.1 Å². The molecule has 0 N–H and O–H groups in total. The van der Waals surface area contributed by atoms with Crippen molar-refractivity contribution in [2.24, 2.45) is 0 Å². The monoisotopic (exact) mass is 656 g/mol. The molecule has 0 spiro atoms. The van der Waals surface area contributed by atoms with E-state index in [1.165, 1.54) is 4.57 Å². The van der Waals surface area contributed by atoms with Crippen molar-refractivity contribution in [1.82, 2.24) is 19.0 Å².